The molecular weight excluding hydrogens is 346 g/mol. The van der Waals surface area contributed by atoms with E-state index in [0.717, 1.165) is 41.7 Å². The molecule has 0 fully saturated rings. The molecule has 0 radical (unpaired) electrons. The summed E-state index contributed by atoms with van der Waals surface area (Å²) in [6.07, 6.45) is 10.6. The predicted molar refractivity (Wildman–Crippen MR) is 117 cm³/mol. The Labute approximate surface area is 167 Å². The SMILES string of the molecule is C=CCOc1ccc(-c2cc3ccc(C=CCCCC(C)O)cc3cn2)cc1. The van der Waals surface area contributed by atoms with Crippen LogP contribution in [0.3, 0.4) is 0 Å². The molecule has 1 aromatic heterocycles. The Morgan fingerprint density at radius 3 is 2.68 bits per heavy atom. The molecule has 1 heterocycles. The van der Waals surface area contributed by atoms with E-state index in [1.54, 1.807) is 6.08 Å². The molecule has 2 aromatic carbocycles. The fourth-order valence-corrected chi connectivity index (χ4v) is 3.05. The van der Waals surface area contributed by atoms with E-state index in [0.29, 0.717) is 6.61 Å². The third-order valence-electron chi connectivity index (χ3n) is 4.57. The van der Waals surface area contributed by atoms with Crippen LogP contribution in [0.1, 0.15) is 31.7 Å². The predicted octanol–water partition coefficient (Wildman–Crippen LogP) is 6.03. The van der Waals surface area contributed by atoms with E-state index in [1.807, 2.05) is 37.4 Å². The van der Waals surface area contributed by atoms with Crippen LogP contribution in [0.25, 0.3) is 28.1 Å². The molecule has 0 spiro atoms. The molecule has 0 saturated carbocycles. The van der Waals surface area contributed by atoms with Crippen molar-refractivity contribution in [1.29, 1.82) is 0 Å². The average molecular weight is 373 g/mol. The molecule has 0 aliphatic heterocycles. The van der Waals surface area contributed by atoms with Crippen LogP contribution in [0.15, 0.2) is 73.5 Å². The summed E-state index contributed by atoms with van der Waals surface area (Å²) in [5, 5.41) is 11.6. The Kier molecular flexibility index (Phi) is 6.99. The summed E-state index contributed by atoms with van der Waals surface area (Å²) in [5.74, 6) is 0.828. The maximum absolute atomic E-state index is 9.30. The lowest BCUT2D eigenvalue weighted by Crippen LogP contribution is -1.97. The molecule has 3 aromatic rings. The first kappa shape index (κ1) is 19.8. The van der Waals surface area contributed by atoms with Gasteiger partial charge in [0.25, 0.3) is 0 Å². The van der Waals surface area contributed by atoms with Gasteiger partial charge in [0.1, 0.15) is 12.4 Å². The number of hydrogen-bond donors (Lipinski definition) is 1. The van der Waals surface area contributed by atoms with Crippen LogP contribution in [-0.4, -0.2) is 22.8 Å². The van der Waals surface area contributed by atoms with Gasteiger partial charge in [-0.25, -0.2) is 0 Å². The number of aromatic nitrogens is 1. The molecule has 28 heavy (non-hydrogen) atoms. The Bertz CT molecular complexity index is 942. The van der Waals surface area contributed by atoms with E-state index in [1.165, 1.54) is 10.9 Å². The van der Waals surface area contributed by atoms with Crippen LogP contribution in [0.4, 0.5) is 0 Å². The molecule has 0 aliphatic rings. The van der Waals surface area contributed by atoms with Gasteiger partial charge in [-0.05, 0) is 73.5 Å². The van der Waals surface area contributed by atoms with Gasteiger partial charge in [0.05, 0.1) is 11.8 Å². The van der Waals surface area contributed by atoms with E-state index in [-0.39, 0.29) is 6.10 Å². The van der Waals surface area contributed by atoms with Gasteiger partial charge in [-0.1, -0.05) is 36.9 Å². The molecule has 3 rings (SSSR count). The van der Waals surface area contributed by atoms with Crippen molar-refractivity contribution in [3.8, 4) is 17.0 Å². The molecule has 0 amide bonds. The van der Waals surface area contributed by atoms with Crippen LogP contribution in [-0.2, 0) is 0 Å². The first-order valence-electron chi connectivity index (χ1n) is 9.74. The Balaban J connectivity index is 1.70. The number of aliphatic hydroxyl groups excluding tert-OH is 1. The standard InChI is InChI=1S/C25H27NO2/c1-3-15-28-24-13-11-21(12-14-24)25-17-22-10-9-20(16-23(22)18-26-25)8-6-4-5-7-19(2)27/h3,6,8-14,16-19,27H,1,4-5,7,15H2,2H3. The van der Waals surface area contributed by atoms with Gasteiger partial charge < -0.3 is 9.84 Å². The summed E-state index contributed by atoms with van der Waals surface area (Å²) in [7, 11) is 0. The van der Waals surface area contributed by atoms with Crippen LogP contribution in [0.2, 0.25) is 0 Å². The number of rotatable bonds is 9. The highest BCUT2D eigenvalue weighted by molar-refractivity contribution is 5.87. The van der Waals surface area contributed by atoms with Crippen LogP contribution >= 0.6 is 0 Å². The number of fused-ring (bicyclic) bond motifs is 1. The largest absolute Gasteiger partial charge is 0.490 e. The highest BCUT2D eigenvalue weighted by atomic mass is 16.5. The van der Waals surface area contributed by atoms with Crippen molar-refractivity contribution in [2.75, 3.05) is 6.61 Å². The van der Waals surface area contributed by atoms with E-state index in [9.17, 15) is 5.11 Å². The maximum Gasteiger partial charge on any atom is 0.119 e. The number of pyridine rings is 1. The average Bonchev–Trinajstić information content (AvgIpc) is 2.71. The zero-order valence-electron chi connectivity index (χ0n) is 16.3. The minimum atomic E-state index is -0.217. The summed E-state index contributed by atoms with van der Waals surface area (Å²) in [6.45, 7) is 6.00. The number of ether oxygens (including phenoxy) is 1. The van der Waals surface area contributed by atoms with Gasteiger partial charge in [-0.2, -0.15) is 0 Å². The van der Waals surface area contributed by atoms with Crippen molar-refractivity contribution in [2.45, 2.75) is 32.3 Å². The lowest BCUT2D eigenvalue weighted by Gasteiger charge is -2.06. The minimum absolute atomic E-state index is 0.217. The Hall–Kier alpha value is -2.91. The molecule has 3 nitrogen and oxygen atoms in total. The molecule has 3 heteroatoms. The number of allylic oxidation sites excluding steroid dienone is 1. The summed E-state index contributed by atoms with van der Waals surface area (Å²) in [5.41, 5.74) is 3.18. The summed E-state index contributed by atoms with van der Waals surface area (Å²) in [4.78, 5) is 4.63. The molecular formula is C25H27NO2. The molecule has 1 N–H and O–H groups in total. The zero-order valence-corrected chi connectivity index (χ0v) is 16.3. The van der Waals surface area contributed by atoms with Gasteiger partial charge >= 0.3 is 0 Å². The van der Waals surface area contributed by atoms with Gasteiger partial charge in [-0.3, -0.25) is 4.98 Å². The summed E-state index contributed by atoms with van der Waals surface area (Å²) < 4.78 is 5.53. The monoisotopic (exact) mass is 373 g/mol. The zero-order chi connectivity index (χ0) is 19.8. The highest BCUT2D eigenvalue weighted by Crippen LogP contribution is 2.25. The second kappa shape index (κ2) is 9.86. The topological polar surface area (TPSA) is 42.4 Å². The van der Waals surface area contributed by atoms with Crippen molar-refractivity contribution in [2.24, 2.45) is 0 Å². The van der Waals surface area contributed by atoms with Crippen LogP contribution in [0.5, 0.6) is 5.75 Å². The first-order valence-corrected chi connectivity index (χ1v) is 9.74. The second-order valence-corrected chi connectivity index (χ2v) is 6.98. The summed E-state index contributed by atoms with van der Waals surface area (Å²) in [6, 6.07) is 16.5. The fraction of sp³-hybridized carbons (Fsp3) is 0.240. The third-order valence-corrected chi connectivity index (χ3v) is 4.57. The molecule has 1 unspecified atom stereocenters. The number of aliphatic hydroxyl groups is 1. The van der Waals surface area contributed by atoms with Crippen molar-refractivity contribution in [3.63, 3.8) is 0 Å². The Morgan fingerprint density at radius 1 is 1.11 bits per heavy atom. The second-order valence-electron chi connectivity index (χ2n) is 6.98. The lowest BCUT2D eigenvalue weighted by atomic mass is 10.0. The molecule has 0 aliphatic carbocycles. The molecule has 0 bridgehead atoms. The smallest absolute Gasteiger partial charge is 0.119 e. The number of hydrogen-bond acceptors (Lipinski definition) is 3. The lowest BCUT2D eigenvalue weighted by molar-refractivity contribution is 0.182. The van der Waals surface area contributed by atoms with Crippen LogP contribution < -0.4 is 4.74 Å². The van der Waals surface area contributed by atoms with Gasteiger partial charge in [-0.15, -0.1) is 0 Å². The summed E-state index contributed by atoms with van der Waals surface area (Å²) >= 11 is 0. The molecule has 1 atom stereocenters. The third kappa shape index (κ3) is 5.54. The minimum Gasteiger partial charge on any atom is -0.490 e. The highest BCUT2D eigenvalue weighted by Gasteiger charge is 2.03. The van der Waals surface area contributed by atoms with E-state index < -0.39 is 0 Å². The molecule has 0 saturated heterocycles. The van der Waals surface area contributed by atoms with E-state index in [2.05, 4.69) is 48.0 Å². The number of benzene rings is 2. The van der Waals surface area contributed by atoms with E-state index >= 15 is 0 Å². The first-order chi connectivity index (χ1) is 13.7. The molecule has 144 valence electrons. The Morgan fingerprint density at radius 2 is 1.93 bits per heavy atom. The van der Waals surface area contributed by atoms with Crippen LogP contribution in [0, 0.1) is 0 Å². The van der Waals surface area contributed by atoms with Crippen molar-refractivity contribution in [3.05, 3.63) is 79.0 Å². The number of unbranched alkanes of at least 4 members (excludes halogenated alkanes) is 1. The quantitative estimate of drug-likeness (QED) is 0.368. The maximum atomic E-state index is 9.30. The fourth-order valence-electron chi connectivity index (χ4n) is 3.05. The van der Waals surface area contributed by atoms with Crippen molar-refractivity contribution < 1.29 is 9.84 Å². The number of nitrogens with zero attached hydrogens (tertiary/aromatic N) is 1. The van der Waals surface area contributed by atoms with Crippen molar-refractivity contribution >= 4 is 16.8 Å². The van der Waals surface area contributed by atoms with Gasteiger partial charge in [0.15, 0.2) is 0 Å². The van der Waals surface area contributed by atoms with Gasteiger partial charge in [0.2, 0.25) is 0 Å². The van der Waals surface area contributed by atoms with Crippen molar-refractivity contribution in [1.82, 2.24) is 4.98 Å². The van der Waals surface area contributed by atoms with Gasteiger partial charge in [0, 0.05) is 17.1 Å². The normalized spacial score (nSPS) is 12.4. The van der Waals surface area contributed by atoms with E-state index in [4.69, 9.17) is 4.74 Å².